The highest BCUT2D eigenvalue weighted by Crippen LogP contribution is 2.38. The van der Waals surface area contributed by atoms with Gasteiger partial charge in [-0.2, -0.15) is 0 Å². The van der Waals surface area contributed by atoms with Gasteiger partial charge in [-0.05, 0) is 66.0 Å². The van der Waals surface area contributed by atoms with Crippen molar-refractivity contribution in [1.82, 2.24) is 0 Å². The van der Waals surface area contributed by atoms with Gasteiger partial charge in [0.25, 0.3) is 0 Å². The molecule has 2 aromatic carbocycles. The van der Waals surface area contributed by atoms with Gasteiger partial charge in [0.2, 0.25) is 0 Å². The maximum Gasteiger partial charge on any atom is 0.150 e. The second-order valence-electron chi connectivity index (χ2n) is 7.84. The van der Waals surface area contributed by atoms with Gasteiger partial charge >= 0.3 is 0 Å². The first kappa shape index (κ1) is 16.0. The molecule has 0 heterocycles. The largest absolute Gasteiger partial charge is 0.490 e. The normalized spacial score (nSPS) is 22.0. The summed E-state index contributed by atoms with van der Waals surface area (Å²) in [6.45, 7) is 7.03. The van der Waals surface area contributed by atoms with Crippen LogP contribution in [0, 0.1) is 11.3 Å². The lowest BCUT2D eigenvalue weighted by molar-refractivity contribution is 0.0883. The molecule has 0 N–H and O–H groups in total. The van der Waals surface area contributed by atoms with Crippen molar-refractivity contribution in [1.29, 1.82) is 0 Å². The lowest BCUT2D eigenvalue weighted by Gasteiger charge is -2.37. The Kier molecular flexibility index (Phi) is 4.43. The van der Waals surface area contributed by atoms with Crippen molar-refractivity contribution in [3.63, 3.8) is 0 Å². The number of carbonyl (C=O) groups excluding carboxylic acids is 1. The second kappa shape index (κ2) is 6.35. The molecular weight excluding hydrogens is 284 g/mol. The van der Waals surface area contributed by atoms with E-state index in [0.29, 0.717) is 17.1 Å². The molecule has 0 saturated heterocycles. The van der Waals surface area contributed by atoms with E-state index < -0.39 is 0 Å². The minimum Gasteiger partial charge on any atom is -0.490 e. The molecule has 0 unspecified atom stereocenters. The highest BCUT2D eigenvalue weighted by molar-refractivity contribution is 5.89. The summed E-state index contributed by atoms with van der Waals surface area (Å²) in [4.78, 5) is 10.9. The maximum absolute atomic E-state index is 10.9. The quantitative estimate of drug-likeness (QED) is 0.686. The van der Waals surface area contributed by atoms with E-state index in [1.165, 1.54) is 12.8 Å². The average molecular weight is 310 g/mol. The van der Waals surface area contributed by atoms with E-state index in [1.54, 1.807) is 0 Å². The minimum atomic E-state index is 0.334. The zero-order valence-electron chi connectivity index (χ0n) is 14.3. The van der Waals surface area contributed by atoms with E-state index >= 15 is 0 Å². The molecular formula is C21H26O2. The fourth-order valence-electron chi connectivity index (χ4n) is 3.63. The average Bonchev–Trinajstić information content (AvgIpc) is 2.54. The Balaban J connectivity index is 1.67. The summed E-state index contributed by atoms with van der Waals surface area (Å²) < 4.78 is 6.21. The number of ether oxygens (including phenoxy) is 1. The van der Waals surface area contributed by atoms with Crippen LogP contribution in [0.3, 0.4) is 0 Å². The molecule has 1 aliphatic rings. The van der Waals surface area contributed by atoms with Crippen LogP contribution in [0.25, 0.3) is 10.8 Å². The first-order valence-corrected chi connectivity index (χ1v) is 8.61. The Morgan fingerprint density at radius 3 is 2.26 bits per heavy atom. The zero-order chi connectivity index (χ0) is 16.4. The molecule has 1 fully saturated rings. The maximum atomic E-state index is 10.9. The smallest absolute Gasteiger partial charge is 0.150 e. The summed E-state index contributed by atoms with van der Waals surface area (Å²) in [6, 6.07) is 11.9. The van der Waals surface area contributed by atoms with Crippen LogP contribution in [-0.2, 0) is 0 Å². The van der Waals surface area contributed by atoms with Gasteiger partial charge in [-0.15, -0.1) is 0 Å². The first-order chi connectivity index (χ1) is 11.0. The Labute approximate surface area is 138 Å². The molecule has 0 spiro atoms. The molecule has 3 rings (SSSR count). The SMILES string of the molecule is CC(C)(C)C1CCC(Oc2ccc3cc(C=O)ccc3c2)CC1. The van der Waals surface area contributed by atoms with Crippen molar-refractivity contribution in [2.24, 2.45) is 11.3 Å². The third-order valence-corrected chi connectivity index (χ3v) is 5.17. The van der Waals surface area contributed by atoms with Gasteiger partial charge in [0.15, 0.2) is 0 Å². The van der Waals surface area contributed by atoms with Gasteiger partial charge in [-0.3, -0.25) is 4.79 Å². The van der Waals surface area contributed by atoms with Gasteiger partial charge in [0, 0.05) is 5.56 Å². The number of aldehydes is 1. The first-order valence-electron chi connectivity index (χ1n) is 8.61. The molecule has 2 heteroatoms. The summed E-state index contributed by atoms with van der Waals surface area (Å²) in [5.74, 6) is 1.75. The topological polar surface area (TPSA) is 26.3 Å². The van der Waals surface area contributed by atoms with Gasteiger partial charge in [0.1, 0.15) is 12.0 Å². The molecule has 0 aliphatic heterocycles. The minimum absolute atomic E-state index is 0.334. The van der Waals surface area contributed by atoms with Crippen molar-refractivity contribution in [2.75, 3.05) is 0 Å². The predicted octanol–water partition coefficient (Wildman–Crippen LogP) is 5.64. The molecule has 0 radical (unpaired) electrons. The molecule has 0 bridgehead atoms. The monoisotopic (exact) mass is 310 g/mol. The molecule has 0 amide bonds. The van der Waals surface area contributed by atoms with Crippen molar-refractivity contribution >= 4 is 17.1 Å². The number of carbonyl (C=O) groups is 1. The number of hydrogen-bond donors (Lipinski definition) is 0. The molecule has 0 atom stereocenters. The van der Waals surface area contributed by atoms with Crippen molar-refractivity contribution in [3.8, 4) is 5.75 Å². The van der Waals surface area contributed by atoms with E-state index in [9.17, 15) is 4.79 Å². The second-order valence-corrected chi connectivity index (χ2v) is 7.84. The zero-order valence-corrected chi connectivity index (χ0v) is 14.3. The Hall–Kier alpha value is -1.83. The Morgan fingerprint density at radius 1 is 0.957 bits per heavy atom. The lowest BCUT2D eigenvalue weighted by Crippen LogP contribution is -2.30. The summed E-state index contributed by atoms with van der Waals surface area (Å²) in [5, 5.41) is 2.20. The molecule has 122 valence electrons. The molecule has 1 saturated carbocycles. The van der Waals surface area contributed by atoms with Gasteiger partial charge in [-0.1, -0.05) is 39.0 Å². The van der Waals surface area contributed by atoms with Crippen LogP contribution >= 0.6 is 0 Å². The van der Waals surface area contributed by atoms with E-state index in [-0.39, 0.29) is 0 Å². The van der Waals surface area contributed by atoms with Crippen LogP contribution in [0.2, 0.25) is 0 Å². The van der Waals surface area contributed by atoms with Crippen molar-refractivity contribution in [2.45, 2.75) is 52.6 Å². The molecule has 0 aromatic heterocycles. The van der Waals surface area contributed by atoms with Crippen LogP contribution in [0.5, 0.6) is 5.75 Å². The highest BCUT2D eigenvalue weighted by atomic mass is 16.5. The summed E-state index contributed by atoms with van der Waals surface area (Å²) >= 11 is 0. The predicted molar refractivity (Wildman–Crippen MR) is 95.2 cm³/mol. The van der Waals surface area contributed by atoms with E-state index in [0.717, 1.165) is 41.6 Å². The van der Waals surface area contributed by atoms with E-state index in [2.05, 4.69) is 26.8 Å². The van der Waals surface area contributed by atoms with Gasteiger partial charge in [0.05, 0.1) is 6.10 Å². The van der Waals surface area contributed by atoms with Crippen molar-refractivity contribution in [3.05, 3.63) is 42.0 Å². The fraction of sp³-hybridized carbons (Fsp3) is 0.476. The van der Waals surface area contributed by atoms with Crippen LogP contribution in [0.1, 0.15) is 56.8 Å². The van der Waals surface area contributed by atoms with E-state index in [1.807, 2.05) is 30.3 Å². The van der Waals surface area contributed by atoms with E-state index in [4.69, 9.17) is 4.74 Å². The van der Waals surface area contributed by atoms with Gasteiger partial charge < -0.3 is 4.74 Å². The summed E-state index contributed by atoms with van der Waals surface area (Å²) in [6.07, 6.45) is 6.01. The number of fused-ring (bicyclic) bond motifs is 1. The number of rotatable bonds is 3. The summed E-state index contributed by atoms with van der Waals surface area (Å²) in [7, 11) is 0. The van der Waals surface area contributed by atoms with Crippen LogP contribution in [-0.4, -0.2) is 12.4 Å². The van der Waals surface area contributed by atoms with Gasteiger partial charge in [-0.25, -0.2) is 0 Å². The highest BCUT2D eigenvalue weighted by Gasteiger charge is 2.30. The van der Waals surface area contributed by atoms with Crippen molar-refractivity contribution < 1.29 is 9.53 Å². The number of hydrogen-bond acceptors (Lipinski definition) is 2. The van der Waals surface area contributed by atoms with Crippen LogP contribution in [0.15, 0.2) is 36.4 Å². The molecule has 23 heavy (non-hydrogen) atoms. The third kappa shape index (κ3) is 3.74. The van der Waals surface area contributed by atoms with Crippen LogP contribution < -0.4 is 4.74 Å². The Morgan fingerprint density at radius 2 is 1.61 bits per heavy atom. The van der Waals surface area contributed by atoms with Crippen LogP contribution in [0.4, 0.5) is 0 Å². The third-order valence-electron chi connectivity index (χ3n) is 5.17. The molecule has 2 aromatic rings. The Bertz CT molecular complexity index is 689. The number of benzene rings is 2. The fourth-order valence-corrected chi connectivity index (χ4v) is 3.63. The lowest BCUT2D eigenvalue weighted by atomic mass is 9.72. The molecule has 1 aliphatic carbocycles. The molecule has 2 nitrogen and oxygen atoms in total. The summed E-state index contributed by atoms with van der Waals surface area (Å²) in [5.41, 5.74) is 1.12. The standard InChI is InChI=1S/C21H26O2/c1-21(2,3)18-7-10-19(11-8-18)23-20-9-6-16-12-15(14-22)4-5-17(16)13-20/h4-6,9,12-14,18-19H,7-8,10-11H2,1-3H3.